The quantitative estimate of drug-likeness (QED) is 0.438. The maximum absolute atomic E-state index is 12.4. The SMILES string of the molecule is CCn1c(COc2ccc(OC)cc2)nnc1SCC(=O)Nc1ccc(Br)cc1C. The summed E-state index contributed by atoms with van der Waals surface area (Å²) in [6.07, 6.45) is 0. The molecular weight excluding hydrogens is 468 g/mol. The number of hydrogen-bond acceptors (Lipinski definition) is 6. The predicted molar refractivity (Wildman–Crippen MR) is 121 cm³/mol. The Morgan fingerprint density at radius 2 is 1.90 bits per heavy atom. The molecule has 3 rings (SSSR count). The average molecular weight is 491 g/mol. The molecule has 0 saturated heterocycles. The minimum Gasteiger partial charge on any atom is -0.497 e. The zero-order valence-electron chi connectivity index (χ0n) is 17.0. The highest BCUT2D eigenvalue weighted by atomic mass is 79.9. The summed E-state index contributed by atoms with van der Waals surface area (Å²) in [7, 11) is 1.62. The number of carbonyl (C=O) groups excluding carboxylic acids is 1. The maximum atomic E-state index is 12.4. The summed E-state index contributed by atoms with van der Waals surface area (Å²) in [5, 5.41) is 12.1. The molecule has 2 aromatic carbocycles. The van der Waals surface area contributed by atoms with Crippen LogP contribution >= 0.6 is 27.7 Å². The molecule has 9 heteroatoms. The monoisotopic (exact) mass is 490 g/mol. The van der Waals surface area contributed by atoms with Crippen LogP contribution in [0.5, 0.6) is 11.5 Å². The second kappa shape index (κ2) is 10.5. The number of anilines is 1. The normalized spacial score (nSPS) is 10.7. The van der Waals surface area contributed by atoms with Crippen molar-refractivity contribution in [1.82, 2.24) is 14.8 Å². The lowest BCUT2D eigenvalue weighted by atomic mass is 10.2. The van der Waals surface area contributed by atoms with Crippen molar-refractivity contribution >= 4 is 39.3 Å². The van der Waals surface area contributed by atoms with Gasteiger partial charge in [-0.1, -0.05) is 27.7 Å². The van der Waals surface area contributed by atoms with Gasteiger partial charge in [-0.2, -0.15) is 0 Å². The average Bonchev–Trinajstić information content (AvgIpc) is 3.15. The first kappa shape index (κ1) is 22.2. The van der Waals surface area contributed by atoms with Crippen LogP contribution in [0, 0.1) is 6.92 Å². The highest BCUT2D eigenvalue weighted by molar-refractivity contribution is 9.10. The van der Waals surface area contributed by atoms with Crippen molar-refractivity contribution in [3.05, 3.63) is 58.3 Å². The van der Waals surface area contributed by atoms with Gasteiger partial charge in [0.1, 0.15) is 18.1 Å². The van der Waals surface area contributed by atoms with Crippen LogP contribution in [0.25, 0.3) is 0 Å². The van der Waals surface area contributed by atoms with Gasteiger partial charge >= 0.3 is 0 Å². The van der Waals surface area contributed by atoms with Gasteiger partial charge in [-0.3, -0.25) is 4.79 Å². The Balaban J connectivity index is 1.57. The molecule has 0 aliphatic heterocycles. The summed E-state index contributed by atoms with van der Waals surface area (Å²) < 4.78 is 13.9. The van der Waals surface area contributed by atoms with Crippen LogP contribution in [0.3, 0.4) is 0 Å². The topological polar surface area (TPSA) is 78.3 Å². The molecule has 30 heavy (non-hydrogen) atoms. The Hall–Kier alpha value is -2.52. The molecular formula is C21H23BrN4O3S. The Morgan fingerprint density at radius 1 is 1.17 bits per heavy atom. The lowest BCUT2D eigenvalue weighted by Crippen LogP contribution is -2.15. The second-order valence-electron chi connectivity index (χ2n) is 6.40. The minimum atomic E-state index is -0.0906. The molecule has 1 amide bonds. The fraction of sp³-hybridized carbons (Fsp3) is 0.286. The summed E-state index contributed by atoms with van der Waals surface area (Å²) in [5.74, 6) is 2.36. The van der Waals surface area contributed by atoms with Crippen molar-refractivity contribution in [2.75, 3.05) is 18.2 Å². The van der Waals surface area contributed by atoms with E-state index in [0.717, 1.165) is 27.2 Å². The molecule has 0 spiro atoms. The largest absolute Gasteiger partial charge is 0.497 e. The van der Waals surface area contributed by atoms with Crippen LogP contribution in [0.2, 0.25) is 0 Å². The number of nitrogens with zero attached hydrogens (tertiary/aromatic N) is 3. The van der Waals surface area contributed by atoms with E-state index in [1.165, 1.54) is 11.8 Å². The van der Waals surface area contributed by atoms with E-state index in [2.05, 4.69) is 31.4 Å². The molecule has 0 aliphatic carbocycles. The number of nitrogens with one attached hydrogen (secondary N) is 1. The van der Waals surface area contributed by atoms with Gasteiger partial charge in [0.15, 0.2) is 11.0 Å². The van der Waals surface area contributed by atoms with Crippen LogP contribution in [0.1, 0.15) is 18.3 Å². The van der Waals surface area contributed by atoms with Crippen molar-refractivity contribution in [2.24, 2.45) is 0 Å². The standard InChI is InChI=1S/C21H23BrN4O3S/c1-4-26-19(12-29-17-8-6-16(28-3)7-9-17)24-25-21(26)30-13-20(27)23-18-10-5-15(22)11-14(18)2/h5-11H,4,12-13H2,1-3H3,(H,23,27). The highest BCUT2D eigenvalue weighted by Gasteiger charge is 2.14. The van der Waals surface area contributed by atoms with E-state index in [-0.39, 0.29) is 18.3 Å². The van der Waals surface area contributed by atoms with E-state index in [4.69, 9.17) is 9.47 Å². The van der Waals surface area contributed by atoms with Crippen molar-refractivity contribution in [3.8, 4) is 11.5 Å². The van der Waals surface area contributed by atoms with Crippen LogP contribution in [-0.4, -0.2) is 33.5 Å². The van der Waals surface area contributed by atoms with E-state index in [1.54, 1.807) is 7.11 Å². The van der Waals surface area contributed by atoms with Gasteiger partial charge < -0.3 is 19.4 Å². The number of aryl methyl sites for hydroxylation is 1. The number of benzene rings is 2. The molecule has 0 saturated carbocycles. The number of carbonyl (C=O) groups is 1. The third-order valence-electron chi connectivity index (χ3n) is 4.33. The molecule has 0 unspecified atom stereocenters. The minimum absolute atomic E-state index is 0.0906. The lowest BCUT2D eigenvalue weighted by molar-refractivity contribution is -0.113. The number of aromatic nitrogens is 3. The molecule has 0 atom stereocenters. The first-order valence-electron chi connectivity index (χ1n) is 9.38. The van der Waals surface area contributed by atoms with Crippen molar-refractivity contribution in [2.45, 2.75) is 32.2 Å². The van der Waals surface area contributed by atoms with E-state index >= 15 is 0 Å². The lowest BCUT2D eigenvalue weighted by Gasteiger charge is -2.10. The second-order valence-corrected chi connectivity index (χ2v) is 8.26. The summed E-state index contributed by atoms with van der Waals surface area (Å²) in [4.78, 5) is 12.4. The fourth-order valence-electron chi connectivity index (χ4n) is 2.75. The van der Waals surface area contributed by atoms with Gasteiger partial charge in [0.05, 0.1) is 12.9 Å². The van der Waals surface area contributed by atoms with E-state index in [9.17, 15) is 4.79 Å². The van der Waals surface area contributed by atoms with E-state index < -0.39 is 0 Å². The maximum Gasteiger partial charge on any atom is 0.234 e. The van der Waals surface area contributed by atoms with Crippen LogP contribution in [-0.2, 0) is 17.9 Å². The summed E-state index contributed by atoms with van der Waals surface area (Å²) >= 11 is 4.78. The molecule has 1 N–H and O–H groups in total. The van der Waals surface area contributed by atoms with Crippen LogP contribution in [0.4, 0.5) is 5.69 Å². The molecule has 1 heterocycles. The predicted octanol–water partition coefficient (Wildman–Crippen LogP) is 4.69. The van der Waals surface area contributed by atoms with Gasteiger partial charge in [0, 0.05) is 16.7 Å². The number of halogens is 1. The molecule has 158 valence electrons. The first-order chi connectivity index (χ1) is 14.5. The molecule has 0 radical (unpaired) electrons. The molecule has 0 fully saturated rings. The van der Waals surface area contributed by atoms with Gasteiger partial charge in [0.25, 0.3) is 0 Å². The summed E-state index contributed by atoms with van der Waals surface area (Å²) in [6, 6.07) is 13.1. The van der Waals surface area contributed by atoms with Crippen molar-refractivity contribution in [3.63, 3.8) is 0 Å². The Labute approximate surface area is 188 Å². The Kier molecular flexibility index (Phi) is 7.75. The van der Waals surface area contributed by atoms with Crippen molar-refractivity contribution in [1.29, 1.82) is 0 Å². The number of hydrogen-bond donors (Lipinski definition) is 1. The third-order valence-corrected chi connectivity index (χ3v) is 5.79. The molecule has 0 bridgehead atoms. The first-order valence-corrected chi connectivity index (χ1v) is 11.2. The number of thioether (sulfide) groups is 1. The Morgan fingerprint density at radius 3 is 2.57 bits per heavy atom. The number of rotatable bonds is 9. The smallest absolute Gasteiger partial charge is 0.234 e. The molecule has 3 aromatic rings. The molecule has 1 aromatic heterocycles. The van der Waals surface area contributed by atoms with Gasteiger partial charge in [-0.25, -0.2) is 0 Å². The summed E-state index contributed by atoms with van der Waals surface area (Å²) in [5.41, 5.74) is 1.80. The van der Waals surface area contributed by atoms with Crippen molar-refractivity contribution < 1.29 is 14.3 Å². The molecule has 0 aliphatic rings. The van der Waals surface area contributed by atoms with E-state index in [0.29, 0.717) is 17.5 Å². The van der Waals surface area contributed by atoms with Gasteiger partial charge in [0.2, 0.25) is 5.91 Å². The number of methoxy groups -OCH3 is 1. The summed E-state index contributed by atoms with van der Waals surface area (Å²) in [6.45, 7) is 4.94. The van der Waals surface area contributed by atoms with E-state index in [1.807, 2.05) is 60.9 Å². The molecule has 7 nitrogen and oxygen atoms in total. The van der Waals surface area contributed by atoms with Crippen LogP contribution < -0.4 is 14.8 Å². The zero-order valence-corrected chi connectivity index (χ0v) is 19.4. The fourth-order valence-corrected chi connectivity index (χ4v) is 4.05. The third kappa shape index (κ3) is 5.76. The number of amides is 1. The van der Waals surface area contributed by atoms with Gasteiger partial charge in [-0.05, 0) is 61.9 Å². The van der Waals surface area contributed by atoms with Gasteiger partial charge in [-0.15, -0.1) is 10.2 Å². The highest BCUT2D eigenvalue weighted by Crippen LogP contribution is 2.22. The van der Waals surface area contributed by atoms with Crippen LogP contribution in [0.15, 0.2) is 52.1 Å². The Bertz CT molecular complexity index is 1010. The zero-order chi connectivity index (χ0) is 21.5. The number of ether oxygens (including phenoxy) is 2.